The van der Waals surface area contributed by atoms with E-state index >= 15 is 0 Å². The topological polar surface area (TPSA) is 71.9 Å². The molecule has 0 radical (unpaired) electrons. The highest BCUT2D eigenvalue weighted by molar-refractivity contribution is 5.54. The molecule has 19 heavy (non-hydrogen) atoms. The van der Waals surface area contributed by atoms with Crippen molar-refractivity contribution in [2.45, 2.75) is 25.4 Å². The van der Waals surface area contributed by atoms with Gasteiger partial charge in [0.15, 0.2) is 0 Å². The van der Waals surface area contributed by atoms with Gasteiger partial charge in [-0.1, -0.05) is 5.16 Å². The molecule has 1 fully saturated rings. The van der Waals surface area contributed by atoms with Crippen molar-refractivity contribution in [3.8, 4) is 17.5 Å². The minimum atomic E-state index is -0.436. The van der Waals surface area contributed by atoms with Crippen LogP contribution in [0, 0.1) is 11.3 Å². The molecule has 2 heterocycles. The quantitative estimate of drug-likeness (QED) is 0.824. The zero-order valence-corrected chi connectivity index (χ0v) is 10.6. The van der Waals surface area contributed by atoms with Crippen molar-refractivity contribution in [3.63, 3.8) is 0 Å². The highest BCUT2D eigenvalue weighted by Crippen LogP contribution is 2.34. The van der Waals surface area contributed by atoms with Crippen molar-refractivity contribution >= 4 is 0 Å². The number of hydrogen-bond acceptors (Lipinski definition) is 5. The molecule has 3 rings (SSSR count). The Bertz CT molecular complexity index is 619. The summed E-state index contributed by atoms with van der Waals surface area (Å²) < 4.78 is 11.0. The van der Waals surface area contributed by atoms with E-state index in [2.05, 4.69) is 16.2 Å². The Balaban J connectivity index is 1.90. The van der Waals surface area contributed by atoms with Crippen molar-refractivity contribution in [2.24, 2.45) is 0 Å². The Kier molecular flexibility index (Phi) is 2.80. The molecular weight excluding hydrogens is 242 g/mol. The van der Waals surface area contributed by atoms with E-state index in [1.807, 2.05) is 6.92 Å². The number of ether oxygens (including phenoxy) is 1. The minimum absolute atomic E-state index is 0.436. The number of aromatic nitrogens is 2. The maximum atomic E-state index is 8.76. The highest BCUT2D eigenvalue weighted by atomic mass is 16.5. The van der Waals surface area contributed by atoms with Gasteiger partial charge in [-0.3, -0.25) is 0 Å². The summed E-state index contributed by atoms with van der Waals surface area (Å²) in [6, 6.07) is 9.13. The first kappa shape index (κ1) is 11.9. The molecule has 5 nitrogen and oxygen atoms in total. The molecule has 5 heteroatoms. The fourth-order valence-electron chi connectivity index (χ4n) is 2.20. The van der Waals surface area contributed by atoms with E-state index < -0.39 is 5.60 Å². The molecule has 1 aliphatic rings. The predicted molar refractivity (Wildman–Crippen MR) is 67.0 cm³/mol. The average Bonchev–Trinajstić information content (AvgIpc) is 3.08. The third kappa shape index (κ3) is 2.11. The summed E-state index contributed by atoms with van der Waals surface area (Å²) in [6.07, 6.45) is 1.91. The van der Waals surface area contributed by atoms with Crippen LogP contribution in [0.1, 0.15) is 31.2 Å². The summed E-state index contributed by atoms with van der Waals surface area (Å²) in [4.78, 5) is 4.40. The van der Waals surface area contributed by atoms with Crippen LogP contribution < -0.4 is 0 Å². The third-order valence-electron chi connectivity index (χ3n) is 3.38. The fourth-order valence-corrected chi connectivity index (χ4v) is 2.20. The number of benzene rings is 1. The smallest absolute Gasteiger partial charge is 0.258 e. The molecule has 0 N–H and O–H groups in total. The lowest BCUT2D eigenvalue weighted by Gasteiger charge is -2.17. The zero-order chi connectivity index (χ0) is 13.3. The van der Waals surface area contributed by atoms with Gasteiger partial charge in [0.1, 0.15) is 5.60 Å². The van der Waals surface area contributed by atoms with Gasteiger partial charge in [0.2, 0.25) is 5.82 Å². The second-order valence-corrected chi connectivity index (χ2v) is 4.80. The molecule has 1 aromatic carbocycles. The van der Waals surface area contributed by atoms with Gasteiger partial charge in [0, 0.05) is 12.2 Å². The van der Waals surface area contributed by atoms with Gasteiger partial charge < -0.3 is 9.26 Å². The van der Waals surface area contributed by atoms with Gasteiger partial charge >= 0.3 is 0 Å². The van der Waals surface area contributed by atoms with E-state index in [-0.39, 0.29) is 0 Å². The maximum absolute atomic E-state index is 8.76. The van der Waals surface area contributed by atoms with Crippen molar-refractivity contribution in [2.75, 3.05) is 6.61 Å². The highest BCUT2D eigenvalue weighted by Gasteiger charge is 2.36. The van der Waals surface area contributed by atoms with Gasteiger partial charge in [0.05, 0.1) is 11.6 Å². The van der Waals surface area contributed by atoms with Crippen LogP contribution in [0.2, 0.25) is 0 Å². The van der Waals surface area contributed by atoms with E-state index in [1.165, 1.54) is 0 Å². The predicted octanol–water partition coefficient (Wildman–Crippen LogP) is 2.63. The Morgan fingerprint density at radius 2 is 2.11 bits per heavy atom. The largest absolute Gasteiger partial charge is 0.367 e. The molecule has 1 saturated heterocycles. The summed E-state index contributed by atoms with van der Waals surface area (Å²) in [5.41, 5.74) is 0.975. The van der Waals surface area contributed by atoms with Crippen LogP contribution in [0.15, 0.2) is 28.8 Å². The van der Waals surface area contributed by atoms with Crippen molar-refractivity contribution in [3.05, 3.63) is 35.7 Å². The second-order valence-electron chi connectivity index (χ2n) is 4.80. The number of nitrogens with zero attached hydrogens (tertiary/aromatic N) is 3. The Morgan fingerprint density at radius 1 is 1.32 bits per heavy atom. The fraction of sp³-hybridized carbons (Fsp3) is 0.357. The molecule has 96 valence electrons. The van der Waals surface area contributed by atoms with E-state index in [9.17, 15) is 0 Å². The normalized spacial score (nSPS) is 22.3. The Hall–Kier alpha value is -2.19. The molecule has 1 unspecified atom stereocenters. The van der Waals surface area contributed by atoms with Crippen LogP contribution >= 0.6 is 0 Å². The molecule has 0 bridgehead atoms. The lowest BCUT2D eigenvalue weighted by Crippen LogP contribution is -2.21. The first-order chi connectivity index (χ1) is 9.21. The van der Waals surface area contributed by atoms with E-state index in [1.54, 1.807) is 24.3 Å². The first-order valence-corrected chi connectivity index (χ1v) is 6.20. The molecular formula is C14H13N3O2. The summed E-state index contributed by atoms with van der Waals surface area (Å²) in [5.74, 6) is 1.04. The van der Waals surface area contributed by atoms with Gasteiger partial charge in [-0.2, -0.15) is 10.2 Å². The van der Waals surface area contributed by atoms with Crippen molar-refractivity contribution in [1.29, 1.82) is 5.26 Å². The lowest BCUT2D eigenvalue weighted by molar-refractivity contribution is 0.00768. The van der Waals surface area contributed by atoms with Crippen LogP contribution in [-0.4, -0.2) is 16.7 Å². The van der Waals surface area contributed by atoms with Gasteiger partial charge in [0.25, 0.3) is 5.89 Å². The Morgan fingerprint density at radius 3 is 2.74 bits per heavy atom. The molecule has 1 atom stereocenters. The summed E-state index contributed by atoms with van der Waals surface area (Å²) in [6.45, 7) is 2.71. The molecule has 0 aliphatic carbocycles. The molecule has 0 amide bonds. The van der Waals surface area contributed by atoms with Gasteiger partial charge in [-0.05, 0) is 44.0 Å². The lowest BCUT2D eigenvalue weighted by atomic mass is 10.0. The summed E-state index contributed by atoms with van der Waals surface area (Å²) in [5, 5.41) is 12.8. The molecule has 0 saturated carbocycles. The van der Waals surface area contributed by atoms with Crippen molar-refractivity contribution < 1.29 is 9.26 Å². The third-order valence-corrected chi connectivity index (χ3v) is 3.38. The zero-order valence-electron chi connectivity index (χ0n) is 10.6. The standard InChI is InChI=1S/C14H13N3O2/c1-14(7-2-8-18-14)13-16-12(19-17-13)11-5-3-10(9-15)4-6-11/h3-6H,2,7-8H2,1H3. The van der Waals surface area contributed by atoms with Gasteiger partial charge in [-0.15, -0.1) is 0 Å². The van der Waals surface area contributed by atoms with Crippen LogP contribution in [0.25, 0.3) is 11.5 Å². The summed E-state index contributed by atoms with van der Waals surface area (Å²) >= 11 is 0. The minimum Gasteiger partial charge on any atom is -0.367 e. The SMILES string of the molecule is CC1(c2noc(-c3ccc(C#N)cc3)n2)CCCO1. The Labute approximate surface area is 110 Å². The maximum Gasteiger partial charge on any atom is 0.258 e. The number of hydrogen-bond donors (Lipinski definition) is 0. The molecule has 1 aliphatic heterocycles. The summed E-state index contributed by atoms with van der Waals surface area (Å²) in [7, 11) is 0. The van der Waals surface area contributed by atoms with Gasteiger partial charge in [-0.25, -0.2) is 0 Å². The number of nitriles is 1. The van der Waals surface area contributed by atoms with Crippen LogP contribution in [0.3, 0.4) is 0 Å². The van der Waals surface area contributed by atoms with Crippen LogP contribution in [0.4, 0.5) is 0 Å². The first-order valence-electron chi connectivity index (χ1n) is 6.20. The second kappa shape index (κ2) is 4.48. The molecule has 2 aromatic rings. The van der Waals surface area contributed by atoms with E-state index in [0.717, 1.165) is 25.0 Å². The number of rotatable bonds is 2. The van der Waals surface area contributed by atoms with Crippen molar-refractivity contribution in [1.82, 2.24) is 10.1 Å². The van der Waals surface area contributed by atoms with E-state index in [4.69, 9.17) is 14.5 Å². The van der Waals surface area contributed by atoms with E-state index in [0.29, 0.717) is 17.3 Å². The van der Waals surface area contributed by atoms with Crippen LogP contribution in [-0.2, 0) is 10.3 Å². The van der Waals surface area contributed by atoms with Crippen LogP contribution in [0.5, 0.6) is 0 Å². The average molecular weight is 255 g/mol. The molecule has 0 spiro atoms. The monoisotopic (exact) mass is 255 g/mol. The molecule has 1 aromatic heterocycles.